The van der Waals surface area contributed by atoms with Gasteiger partial charge in [-0.2, -0.15) is 0 Å². The Bertz CT molecular complexity index is 1060. The van der Waals surface area contributed by atoms with Crippen LogP contribution in [0.3, 0.4) is 0 Å². The van der Waals surface area contributed by atoms with Crippen LogP contribution in [-0.2, 0) is 9.84 Å². The molecule has 0 spiro atoms. The number of hydrogen-bond acceptors (Lipinski definition) is 6. The van der Waals surface area contributed by atoms with E-state index >= 15 is 0 Å². The van der Waals surface area contributed by atoms with Gasteiger partial charge in [-0.15, -0.1) is 0 Å². The Hall–Kier alpha value is -2.61. The molecule has 1 aliphatic carbocycles. The van der Waals surface area contributed by atoms with E-state index in [2.05, 4.69) is 19.9 Å². The van der Waals surface area contributed by atoms with E-state index in [4.69, 9.17) is 4.74 Å². The fraction of sp³-hybridized carbons (Fsp3) is 0.400. The summed E-state index contributed by atoms with van der Waals surface area (Å²) in [4.78, 5) is 14.2. The van der Waals surface area contributed by atoms with Crippen LogP contribution in [0.1, 0.15) is 19.8 Å². The molecule has 1 aliphatic rings. The molecule has 0 aliphatic heterocycles. The first kappa shape index (κ1) is 18.7. The number of aromatic nitrogens is 3. The molecule has 0 bridgehead atoms. The molecule has 0 saturated heterocycles. The monoisotopic (exact) mass is 400 g/mol. The second kappa shape index (κ2) is 7.43. The number of rotatable bonds is 7. The summed E-state index contributed by atoms with van der Waals surface area (Å²) in [7, 11) is -1.29. The van der Waals surface area contributed by atoms with E-state index in [1.807, 2.05) is 26.2 Å². The van der Waals surface area contributed by atoms with E-state index in [0.717, 1.165) is 29.7 Å². The quantitative estimate of drug-likeness (QED) is 0.656. The molecule has 3 aromatic rings. The Morgan fingerprint density at radius 3 is 2.64 bits per heavy atom. The van der Waals surface area contributed by atoms with Crippen molar-refractivity contribution < 1.29 is 13.2 Å². The number of nitrogens with zero attached hydrogens (tertiary/aromatic N) is 3. The fourth-order valence-electron chi connectivity index (χ4n) is 3.78. The first-order valence-electron chi connectivity index (χ1n) is 9.44. The number of nitrogens with one attached hydrogen (secondary N) is 1. The molecule has 7 nitrogen and oxygen atoms in total. The Morgan fingerprint density at radius 1 is 1.18 bits per heavy atom. The number of sulfone groups is 1. The molecular weight excluding hydrogens is 376 g/mol. The molecule has 148 valence electrons. The van der Waals surface area contributed by atoms with Crippen molar-refractivity contribution in [3.8, 4) is 5.75 Å². The summed E-state index contributed by atoms with van der Waals surface area (Å²) in [6.45, 7) is 2.46. The first-order valence-corrected chi connectivity index (χ1v) is 11.1. The van der Waals surface area contributed by atoms with Crippen molar-refractivity contribution in [3.05, 3.63) is 42.9 Å². The van der Waals surface area contributed by atoms with Gasteiger partial charge in [-0.1, -0.05) is 0 Å². The zero-order chi connectivity index (χ0) is 19.7. The van der Waals surface area contributed by atoms with Crippen molar-refractivity contribution in [1.82, 2.24) is 15.0 Å². The van der Waals surface area contributed by atoms with Gasteiger partial charge in [-0.25, -0.2) is 18.4 Å². The van der Waals surface area contributed by atoms with Gasteiger partial charge in [0.1, 0.15) is 23.5 Å². The molecule has 0 amide bonds. The van der Waals surface area contributed by atoms with Crippen LogP contribution in [0.25, 0.3) is 11.0 Å². The number of hydrogen-bond donors (Lipinski definition) is 1. The molecule has 1 N–H and O–H groups in total. The molecule has 1 fully saturated rings. The third-order valence-corrected chi connectivity index (χ3v) is 7.28. The van der Waals surface area contributed by atoms with Crippen LogP contribution >= 0.6 is 0 Å². The number of benzene rings is 1. The highest BCUT2D eigenvalue weighted by Gasteiger charge is 2.36. The molecule has 4 rings (SSSR count). The van der Waals surface area contributed by atoms with Gasteiger partial charge in [0.15, 0.2) is 9.84 Å². The van der Waals surface area contributed by atoms with Gasteiger partial charge in [0, 0.05) is 19.3 Å². The summed E-state index contributed by atoms with van der Waals surface area (Å²) in [6, 6.07) is 8.94. The summed E-state index contributed by atoms with van der Waals surface area (Å²) in [5.74, 6) is 1.90. The lowest BCUT2D eigenvalue weighted by molar-refractivity contribution is 0.282. The molecule has 1 aromatic carbocycles. The van der Waals surface area contributed by atoms with E-state index in [0.29, 0.717) is 17.3 Å². The molecule has 8 heteroatoms. The average molecular weight is 401 g/mol. The van der Waals surface area contributed by atoms with Crippen LogP contribution in [0, 0.1) is 5.92 Å². The molecule has 1 saturated carbocycles. The van der Waals surface area contributed by atoms with Gasteiger partial charge in [0.2, 0.25) is 0 Å². The zero-order valence-electron chi connectivity index (χ0n) is 16.0. The van der Waals surface area contributed by atoms with Gasteiger partial charge < -0.3 is 14.6 Å². The van der Waals surface area contributed by atoms with Crippen LogP contribution in [0.15, 0.2) is 47.8 Å². The SMILES string of the molecule is CCOc1ccc(S(=O)(=O)C[C@H]2C[C@@H](N(C)c3ncnc4[nH]ccc34)C2)cc1. The van der Waals surface area contributed by atoms with E-state index in [-0.39, 0.29) is 17.7 Å². The number of fused-ring (bicyclic) bond motifs is 1. The Kier molecular flexibility index (Phi) is 4.97. The van der Waals surface area contributed by atoms with E-state index in [1.54, 1.807) is 30.6 Å². The highest BCUT2D eigenvalue weighted by molar-refractivity contribution is 7.91. The second-order valence-electron chi connectivity index (χ2n) is 7.23. The predicted molar refractivity (Wildman–Crippen MR) is 108 cm³/mol. The maximum atomic E-state index is 12.7. The van der Waals surface area contributed by atoms with Gasteiger partial charge in [-0.05, 0) is 56.0 Å². The third kappa shape index (κ3) is 3.56. The van der Waals surface area contributed by atoms with E-state index in [1.165, 1.54) is 0 Å². The maximum absolute atomic E-state index is 12.7. The van der Waals surface area contributed by atoms with Crippen LogP contribution in [0.2, 0.25) is 0 Å². The number of H-pyrrole nitrogens is 1. The predicted octanol–water partition coefficient (Wildman–Crippen LogP) is 3.05. The van der Waals surface area contributed by atoms with Gasteiger partial charge >= 0.3 is 0 Å². The Labute approximate surface area is 164 Å². The molecule has 2 aromatic heterocycles. The topological polar surface area (TPSA) is 88.2 Å². The largest absolute Gasteiger partial charge is 0.494 e. The second-order valence-corrected chi connectivity index (χ2v) is 9.26. The van der Waals surface area contributed by atoms with Crippen molar-refractivity contribution in [2.75, 3.05) is 24.3 Å². The van der Waals surface area contributed by atoms with Crippen molar-refractivity contribution in [2.24, 2.45) is 5.92 Å². The maximum Gasteiger partial charge on any atom is 0.178 e. The van der Waals surface area contributed by atoms with Crippen LogP contribution in [0.4, 0.5) is 5.82 Å². The van der Waals surface area contributed by atoms with E-state index in [9.17, 15) is 8.42 Å². The van der Waals surface area contributed by atoms with Crippen molar-refractivity contribution in [2.45, 2.75) is 30.7 Å². The lowest BCUT2D eigenvalue weighted by atomic mass is 9.81. The van der Waals surface area contributed by atoms with Crippen LogP contribution in [-0.4, -0.2) is 48.8 Å². The lowest BCUT2D eigenvalue weighted by Gasteiger charge is -2.41. The highest BCUT2D eigenvalue weighted by Crippen LogP contribution is 2.36. The minimum absolute atomic E-state index is 0.160. The number of ether oxygens (including phenoxy) is 1. The van der Waals surface area contributed by atoms with Gasteiger partial charge in [0.25, 0.3) is 0 Å². The number of anilines is 1. The summed E-state index contributed by atoms with van der Waals surface area (Å²) >= 11 is 0. The summed E-state index contributed by atoms with van der Waals surface area (Å²) in [5.41, 5.74) is 0.811. The van der Waals surface area contributed by atoms with Crippen LogP contribution in [0.5, 0.6) is 5.75 Å². The van der Waals surface area contributed by atoms with Crippen molar-refractivity contribution >= 4 is 26.7 Å². The molecular formula is C20H24N4O3S. The standard InChI is InChI=1S/C20H24N4O3S/c1-3-27-16-4-6-17(7-5-16)28(25,26)12-14-10-15(11-14)24(2)20-18-8-9-21-19(18)22-13-23-20/h4-9,13-15H,3,10-12H2,1-2H3,(H,21,22,23)/t14-,15+. The highest BCUT2D eigenvalue weighted by atomic mass is 32.2. The molecule has 0 radical (unpaired) electrons. The Morgan fingerprint density at radius 2 is 1.93 bits per heavy atom. The van der Waals surface area contributed by atoms with Crippen molar-refractivity contribution in [3.63, 3.8) is 0 Å². The minimum Gasteiger partial charge on any atom is -0.494 e. The third-order valence-electron chi connectivity index (χ3n) is 5.37. The van der Waals surface area contributed by atoms with Crippen molar-refractivity contribution in [1.29, 1.82) is 0 Å². The summed E-state index contributed by atoms with van der Waals surface area (Å²) < 4.78 is 30.8. The number of aromatic amines is 1. The fourth-order valence-corrected chi connectivity index (χ4v) is 5.42. The minimum atomic E-state index is -3.30. The Balaban J connectivity index is 1.39. The average Bonchev–Trinajstić information content (AvgIpc) is 3.13. The molecule has 0 atom stereocenters. The lowest BCUT2D eigenvalue weighted by Crippen LogP contribution is -2.45. The van der Waals surface area contributed by atoms with Gasteiger partial charge in [-0.3, -0.25) is 0 Å². The van der Waals surface area contributed by atoms with E-state index < -0.39 is 9.84 Å². The van der Waals surface area contributed by atoms with Crippen LogP contribution < -0.4 is 9.64 Å². The summed E-state index contributed by atoms with van der Waals surface area (Å²) in [5, 5.41) is 0.982. The van der Waals surface area contributed by atoms with Gasteiger partial charge in [0.05, 0.1) is 22.6 Å². The summed E-state index contributed by atoms with van der Waals surface area (Å²) in [6.07, 6.45) is 5.08. The molecule has 28 heavy (non-hydrogen) atoms. The normalized spacial score (nSPS) is 19.4. The zero-order valence-corrected chi connectivity index (χ0v) is 16.8. The molecule has 0 unspecified atom stereocenters. The molecule has 2 heterocycles. The smallest absolute Gasteiger partial charge is 0.178 e. The first-order chi connectivity index (χ1) is 13.5.